The van der Waals surface area contributed by atoms with Gasteiger partial charge in [-0.3, -0.25) is 0 Å². The molecule has 0 aliphatic heterocycles. The maximum atomic E-state index is 9.85. The largest absolute Gasteiger partial charge is 0.391 e. The van der Waals surface area contributed by atoms with Gasteiger partial charge in [0.1, 0.15) is 0 Å². The van der Waals surface area contributed by atoms with Crippen molar-refractivity contribution in [3.8, 4) is 0 Å². The number of rotatable bonds is 0. The van der Waals surface area contributed by atoms with Gasteiger partial charge in [-0.25, -0.2) is 0 Å². The maximum absolute atomic E-state index is 9.85. The van der Waals surface area contributed by atoms with E-state index >= 15 is 0 Å². The van der Waals surface area contributed by atoms with Gasteiger partial charge in [-0.1, -0.05) is 19.3 Å². The van der Waals surface area contributed by atoms with Crippen molar-refractivity contribution < 1.29 is 5.11 Å². The van der Waals surface area contributed by atoms with Crippen LogP contribution in [0.2, 0.25) is 0 Å². The molecule has 70 valence electrons. The summed E-state index contributed by atoms with van der Waals surface area (Å²) < 4.78 is 0. The molecule has 0 amide bonds. The van der Waals surface area contributed by atoms with E-state index in [9.17, 15) is 5.11 Å². The van der Waals surface area contributed by atoms with Crippen LogP contribution in [0.3, 0.4) is 0 Å². The molecule has 0 radical (unpaired) electrons. The third kappa shape index (κ3) is 1.38. The molecule has 0 spiro atoms. The number of aliphatic hydroxyl groups is 1. The zero-order chi connectivity index (χ0) is 8.55. The number of nitrogens with two attached hydrogens (primary N) is 1. The molecular weight excluding hydrogens is 150 g/mol. The number of fused-ring (bicyclic) bond motifs is 1. The lowest BCUT2D eigenvalue weighted by Gasteiger charge is -2.41. The number of aliphatic hydroxyl groups excluding tert-OH is 1. The molecule has 0 heterocycles. The molecular formula is C10H19NO. The van der Waals surface area contributed by atoms with E-state index in [0.29, 0.717) is 5.92 Å². The summed E-state index contributed by atoms with van der Waals surface area (Å²) in [5, 5.41) is 9.85. The van der Waals surface area contributed by atoms with Gasteiger partial charge in [0, 0.05) is 6.04 Å². The highest BCUT2D eigenvalue weighted by Crippen LogP contribution is 2.39. The molecule has 0 saturated heterocycles. The molecule has 0 aromatic rings. The van der Waals surface area contributed by atoms with E-state index in [1.54, 1.807) is 0 Å². The van der Waals surface area contributed by atoms with E-state index in [0.717, 1.165) is 12.3 Å². The Morgan fingerprint density at radius 1 is 1.00 bits per heavy atom. The van der Waals surface area contributed by atoms with E-state index in [-0.39, 0.29) is 12.1 Å². The Morgan fingerprint density at radius 3 is 2.58 bits per heavy atom. The SMILES string of the molecule is NC1CCC2CCCCC2C1O. The maximum Gasteiger partial charge on any atom is 0.0721 e. The van der Waals surface area contributed by atoms with Crippen LogP contribution in [0.4, 0.5) is 0 Å². The first kappa shape index (κ1) is 8.52. The molecule has 0 bridgehead atoms. The monoisotopic (exact) mass is 169 g/mol. The van der Waals surface area contributed by atoms with Gasteiger partial charge in [-0.2, -0.15) is 0 Å². The zero-order valence-electron chi connectivity index (χ0n) is 7.58. The summed E-state index contributed by atoms with van der Waals surface area (Å²) in [6.45, 7) is 0. The van der Waals surface area contributed by atoms with Crippen molar-refractivity contribution in [2.75, 3.05) is 0 Å². The standard InChI is InChI=1S/C10H19NO/c11-9-6-5-7-3-1-2-4-8(7)10(9)12/h7-10,12H,1-6,11H2. The lowest BCUT2D eigenvalue weighted by molar-refractivity contribution is -0.00405. The van der Waals surface area contributed by atoms with Gasteiger partial charge in [-0.15, -0.1) is 0 Å². The second kappa shape index (κ2) is 3.35. The first-order chi connectivity index (χ1) is 5.79. The molecule has 2 heteroatoms. The Kier molecular flexibility index (Phi) is 2.37. The molecule has 4 unspecified atom stereocenters. The molecule has 2 rings (SSSR count). The van der Waals surface area contributed by atoms with Gasteiger partial charge in [0.2, 0.25) is 0 Å². The van der Waals surface area contributed by atoms with Crippen LogP contribution in [0, 0.1) is 11.8 Å². The Labute approximate surface area is 74.1 Å². The molecule has 4 atom stereocenters. The fourth-order valence-electron chi connectivity index (χ4n) is 2.94. The van der Waals surface area contributed by atoms with Gasteiger partial charge >= 0.3 is 0 Å². The van der Waals surface area contributed by atoms with Gasteiger partial charge < -0.3 is 10.8 Å². The topological polar surface area (TPSA) is 46.2 Å². The smallest absolute Gasteiger partial charge is 0.0721 e. The van der Waals surface area contributed by atoms with E-state index < -0.39 is 0 Å². The Bertz CT molecular complexity index is 158. The second-order valence-electron chi connectivity index (χ2n) is 4.44. The van der Waals surface area contributed by atoms with Gasteiger partial charge in [0.25, 0.3) is 0 Å². The quantitative estimate of drug-likeness (QED) is 0.573. The molecule has 12 heavy (non-hydrogen) atoms. The van der Waals surface area contributed by atoms with Crippen molar-refractivity contribution >= 4 is 0 Å². The minimum atomic E-state index is -0.205. The van der Waals surface area contributed by atoms with Crippen LogP contribution in [-0.2, 0) is 0 Å². The summed E-state index contributed by atoms with van der Waals surface area (Å²) in [5.74, 6) is 1.32. The molecule has 2 aliphatic carbocycles. The summed E-state index contributed by atoms with van der Waals surface area (Å²) in [5.41, 5.74) is 5.84. The lowest BCUT2D eigenvalue weighted by atomic mass is 9.68. The highest BCUT2D eigenvalue weighted by molar-refractivity contribution is 4.91. The lowest BCUT2D eigenvalue weighted by Crippen LogP contribution is -2.47. The Morgan fingerprint density at radius 2 is 1.75 bits per heavy atom. The zero-order valence-corrected chi connectivity index (χ0v) is 7.58. The number of hydrogen-bond donors (Lipinski definition) is 2. The molecule has 0 aromatic heterocycles. The normalized spacial score (nSPS) is 48.5. The van der Waals surface area contributed by atoms with Crippen LogP contribution in [-0.4, -0.2) is 17.3 Å². The minimum Gasteiger partial charge on any atom is -0.391 e. The van der Waals surface area contributed by atoms with E-state index in [1.807, 2.05) is 0 Å². The van der Waals surface area contributed by atoms with Gasteiger partial charge in [0.15, 0.2) is 0 Å². The van der Waals surface area contributed by atoms with Crippen LogP contribution in [0.15, 0.2) is 0 Å². The molecule has 2 fully saturated rings. The summed E-state index contributed by atoms with van der Waals surface area (Å²) >= 11 is 0. The Balaban J connectivity index is 2.03. The van der Waals surface area contributed by atoms with Crippen molar-refractivity contribution in [2.24, 2.45) is 17.6 Å². The van der Waals surface area contributed by atoms with Crippen LogP contribution < -0.4 is 5.73 Å². The summed E-state index contributed by atoms with van der Waals surface area (Å²) in [4.78, 5) is 0. The number of hydrogen-bond acceptors (Lipinski definition) is 2. The first-order valence-corrected chi connectivity index (χ1v) is 5.22. The minimum absolute atomic E-state index is 0.0596. The third-order valence-corrected chi connectivity index (χ3v) is 3.72. The van der Waals surface area contributed by atoms with Crippen molar-refractivity contribution in [2.45, 2.75) is 50.7 Å². The van der Waals surface area contributed by atoms with Crippen LogP contribution in [0.25, 0.3) is 0 Å². The van der Waals surface area contributed by atoms with E-state index in [4.69, 9.17) is 5.73 Å². The average Bonchev–Trinajstić information content (AvgIpc) is 2.12. The fraction of sp³-hybridized carbons (Fsp3) is 1.00. The highest BCUT2D eigenvalue weighted by atomic mass is 16.3. The van der Waals surface area contributed by atoms with Crippen molar-refractivity contribution in [1.29, 1.82) is 0 Å². The molecule has 3 N–H and O–H groups in total. The average molecular weight is 169 g/mol. The molecule has 2 nitrogen and oxygen atoms in total. The molecule has 0 aromatic carbocycles. The van der Waals surface area contributed by atoms with E-state index in [1.165, 1.54) is 32.1 Å². The summed E-state index contributed by atoms with van der Waals surface area (Å²) in [6, 6.07) is 0.0596. The van der Waals surface area contributed by atoms with Crippen molar-refractivity contribution in [3.63, 3.8) is 0 Å². The highest BCUT2D eigenvalue weighted by Gasteiger charge is 2.37. The van der Waals surface area contributed by atoms with Gasteiger partial charge in [0.05, 0.1) is 6.10 Å². The van der Waals surface area contributed by atoms with Crippen LogP contribution in [0.1, 0.15) is 38.5 Å². The van der Waals surface area contributed by atoms with Crippen LogP contribution in [0.5, 0.6) is 0 Å². The predicted octanol–water partition coefficient (Wildman–Crippen LogP) is 1.27. The summed E-state index contributed by atoms with van der Waals surface area (Å²) in [6.07, 6.45) is 7.27. The van der Waals surface area contributed by atoms with Gasteiger partial charge in [-0.05, 0) is 31.1 Å². The second-order valence-corrected chi connectivity index (χ2v) is 4.44. The van der Waals surface area contributed by atoms with Crippen LogP contribution >= 0.6 is 0 Å². The Hall–Kier alpha value is -0.0800. The first-order valence-electron chi connectivity index (χ1n) is 5.22. The molecule has 2 saturated carbocycles. The molecule has 2 aliphatic rings. The summed E-state index contributed by atoms with van der Waals surface area (Å²) in [7, 11) is 0. The van der Waals surface area contributed by atoms with Crippen molar-refractivity contribution in [1.82, 2.24) is 0 Å². The fourth-order valence-corrected chi connectivity index (χ4v) is 2.94. The van der Waals surface area contributed by atoms with E-state index in [2.05, 4.69) is 0 Å². The van der Waals surface area contributed by atoms with Crippen molar-refractivity contribution in [3.05, 3.63) is 0 Å². The third-order valence-electron chi connectivity index (χ3n) is 3.72. The predicted molar refractivity (Wildman–Crippen MR) is 48.7 cm³/mol.